The monoisotopic (exact) mass is 285 g/mol. The van der Waals surface area contributed by atoms with Crippen molar-refractivity contribution >= 4 is 23.4 Å². The van der Waals surface area contributed by atoms with E-state index in [9.17, 15) is 19.1 Å². The Labute approximate surface area is 114 Å². The van der Waals surface area contributed by atoms with Gasteiger partial charge in [-0.05, 0) is 12.1 Å². The summed E-state index contributed by atoms with van der Waals surface area (Å²) in [5.41, 5.74) is -0.0361. The highest BCUT2D eigenvalue weighted by Gasteiger charge is 2.33. The van der Waals surface area contributed by atoms with Gasteiger partial charge in [-0.3, -0.25) is 14.5 Å². The Balaban J connectivity index is 2.35. The maximum atomic E-state index is 13.9. The molecular formula is C13H13ClFNO3. The van der Waals surface area contributed by atoms with Crippen LogP contribution >= 0.6 is 11.6 Å². The van der Waals surface area contributed by atoms with Crippen molar-refractivity contribution in [2.24, 2.45) is 0 Å². The van der Waals surface area contributed by atoms with Crippen molar-refractivity contribution < 1.29 is 19.1 Å². The smallest absolute Gasteiger partial charge is 0.325 e. The molecule has 6 heteroatoms. The Kier molecular flexibility index (Phi) is 4.17. The first kappa shape index (κ1) is 14.0. The van der Waals surface area contributed by atoms with Crippen LogP contribution in [0.5, 0.6) is 0 Å². The van der Waals surface area contributed by atoms with Gasteiger partial charge in [-0.25, -0.2) is 4.39 Å². The second-order valence-corrected chi connectivity index (χ2v) is 4.86. The maximum Gasteiger partial charge on any atom is 0.325 e. The molecule has 1 unspecified atom stereocenters. The molecule has 19 heavy (non-hydrogen) atoms. The minimum atomic E-state index is -1.17. The second kappa shape index (κ2) is 5.67. The number of carbonyl (C=O) groups excluding carboxylic acids is 1. The summed E-state index contributed by atoms with van der Waals surface area (Å²) in [6.07, 6.45) is 0.575. The van der Waals surface area contributed by atoms with E-state index in [0.717, 1.165) is 0 Å². The van der Waals surface area contributed by atoms with Gasteiger partial charge in [0.05, 0.1) is 0 Å². The number of rotatable bonds is 3. The molecule has 1 aliphatic rings. The third kappa shape index (κ3) is 2.93. The van der Waals surface area contributed by atoms with E-state index in [2.05, 4.69) is 0 Å². The third-order valence-electron chi connectivity index (χ3n) is 3.23. The normalized spacial score (nSPS) is 18.3. The molecule has 1 fully saturated rings. The lowest BCUT2D eigenvalue weighted by Crippen LogP contribution is -2.40. The molecule has 0 amide bonds. The van der Waals surface area contributed by atoms with Crippen LogP contribution in [0.25, 0.3) is 0 Å². The Hall–Kier alpha value is -1.46. The summed E-state index contributed by atoms with van der Waals surface area (Å²) in [6.45, 7) is 0.612. The summed E-state index contributed by atoms with van der Waals surface area (Å²) in [7, 11) is 0. The third-order valence-corrected chi connectivity index (χ3v) is 3.56. The number of hydrogen-bond donors (Lipinski definition) is 1. The van der Waals surface area contributed by atoms with E-state index in [1.165, 1.54) is 18.2 Å². The van der Waals surface area contributed by atoms with E-state index in [0.29, 0.717) is 13.1 Å². The fraction of sp³-hybridized carbons (Fsp3) is 0.385. The van der Waals surface area contributed by atoms with Gasteiger partial charge in [0, 0.05) is 36.5 Å². The van der Waals surface area contributed by atoms with Gasteiger partial charge in [0.15, 0.2) is 0 Å². The molecule has 0 saturated carbocycles. The molecule has 102 valence electrons. The number of halogens is 2. The zero-order valence-corrected chi connectivity index (χ0v) is 10.9. The first-order valence-corrected chi connectivity index (χ1v) is 6.31. The Morgan fingerprint density at radius 2 is 2.00 bits per heavy atom. The predicted octanol–water partition coefficient (Wildman–Crippen LogP) is 2.27. The number of hydrogen-bond acceptors (Lipinski definition) is 3. The fourth-order valence-electron chi connectivity index (χ4n) is 2.27. The van der Waals surface area contributed by atoms with Gasteiger partial charge in [0.25, 0.3) is 0 Å². The van der Waals surface area contributed by atoms with Gasteiger partial charge in [-0.1, -0.05) is 17.7 Å². The van der Waals surface area contributed by atoms with Crippen LogP contribution in [0.15, 0.2) is 18.2 Å². The minimum Gasteiger partial charge on any atom is -0.480 e. The molecule has 0 radical (unpaired) electrons. The van der Waals surface area contributed by atoms with E-state index in [-0.39, 0.29) is 29.2 Å². The van der Waals surface area contributed by atoms with E-state index < -0.39 is 17.8 Å². The van der Waals surface area contributed by atoms with Crippen LogP contribution in [0.2, 0.25) is 5.02 Å². The first-order chi connectivity index (χ1) is 9.00. The molecule has 0 spiro atoms. The van der Waals surface area contributed by atoms with E-state index in [4.69, 9.17) is 11.6 Å². The van der Waals surface area contributed by atoms with Crippen LogP contribution in [-0.2, 0) is 9.59 Å². The molecule has 1 atom stereocenters. The summed E-state index contributed by atoms with van der Waals surface area (Å²) < 4.78 is 13.9. The van der Waals surface area contributed by atoms with E-state index in [1.54, 1.807) is 4.90 Å². The van der Waals surface area contributed by atoms with Gasteiger partial charge in [-0.15, -0.1) is 0 Å². The molecule has 1 aromatic rings. The summed E-state index contributed by atoms with van der Waals surface area (Å²) in [4.78, 5) is 24.2. The van der Waals surface area contributed by atoms with Crippen LogP contribution in [0.3, 0.4) is 0 Å². The summed E-state index contributed by atoms with van der Waals surface area (Å²) >= 11 is 5.92. The molecule has 2 rings (SSSR count). The van der Waals surface area contributed by atoms with Gasteiger partial charge in [0.2, 0.25) is 0 Å². The number of likely N-dealkylation sites (tertiary alicyclic amines) is 1. The number of piperidine rings is 1. The fourth-order valence-corrected chi connectivity index (χ4v) is 2.53. The SMILES string of the molecule is O=C1CCN(C(C(=O)O)c2c(F)cccc2Cl)CC1. The van der Waals surface area contributed by atoms with Crippen molar-refractivity contribution in [3.63, 3.8) is 0 Å². The topological polar surface area (TPSA) is 57.6 Å². The molecule has 1 N–H and O–H groups in total. The average Bonchev–Trinajstić information content (AvgIpc) is 2.35. The van der Waals surface area contributed by atoms with E-state index in [1.807, 2.05) is 0 Å². The zero-order valence-electron chi connectivity index (χ0n) is 10.1. The minimum absolute atomic E-state index is 0.0361. The molecular weight excluding hydrogens is 273 g/mol. The number of benzene rings is 1. The number of nitrogens with zero attached hydrogens (tertiary/aromatic N) is 1. The largest absolute Gasteiger partial charge is 0.480 e. The van der Waals surface area contributed by atoms with Crippen molar-refractivity contribution in [1.29, 1.82) is 0 Å². The zero-order chi connectivity index (χ0) is 14.0. The number of aliphatic carboxylic acids is 1. The summed E-state index contributed by atoms with van der Waals surface area (Å²) in [6, 6.07) is 2.93. The van der Waals surface area contributed by atoms with Crippen molar-refractivity contribution in [2.45, 2.75) is 18.9 Å². The Morgan fingerprint density at radius 1 is 1.37 bits per heavy atom. The standard InChI is InChI=1S/C13H13ClFNO3/c14-9-2-1-3-10(15)11(9)12(13(18)19)16-6-4-8(17)5-7-16/h1-3,12H,4-7H2,(H,18,19). The van der Waals surface area contributed by atoms with Crippen LogP contribution in [-0.4, -0.2) is 34.8 Å². The molecule has 1 saturated heterocycles. The van der Waals surface area contributed by atoms with Gasteiger partial charge in [-0.2, -0.15) is 0 Å². The van der Waals surface area contributed by atoms with Crippen LogP contribution in [0.4, 0.5) is 4.39 Å². The Morgan fingerprint density at radius 3 is 2.53 bits per heavy atom. The lowest BCUT2D eigenvalue weighted by Gasteiger charge is -2.32. The summed E-state index contributed by atoms with van der Waals surface area (Å²) in [5.74, 6) is -1.71. The molecule has 4 nitrogen and oxygen atoms in total. The highest BCUT2D eigenvalue weighted by atomic mass is 35.5. The van der Waals surface area contributed by atoms with Crippen molar-refractivity contribution in [1.82, 2.24) is 4.90 Å². The highest BCUT2D eigenvalue weighted by Crippen LogP contribution is 2.31. The van der Waals surface area contributed by atoms with Gasteiger partial charge < -0.3 is 5.11 Å². The van der Waals surface area contributed by atoms with Crippen LogP contribution < -0.4 is 0 Å². The van der Waals surface area contributed by atoms with Crippen LogP contribution in [0.1, 0.15) is 24.4 Å². The van der Waals surface area contributed by atoms with Crippen molar-refractivity contribution in [3.05, 3.63) is 34.6 Å². The first-order valence-electron chi connectivity index (χ1n) is 5.93. The van der Waals surface area contributed by atoms with Gasteiger partial charge >= 0.3 is 5.97 Å². The van der Waals surface area contributed by atoms with Crippen molar-refractivity contribution in [3.8, 4) is 0 Å². The average molecular weight is 286 g/mol. The molecule has 1 heterocycles. The summed E-state index contributed by atoms with van der Waals surface area (Å²) in [5, 5.41) is 9.43. The Bertz CT molecular complexity index is 490. The number of carboxylic acid groups (broad SMARTS) is 1. The quantitative estimate of drug-likeness (QED) is 0.925. The molecule has 0 bridgehead atoms. The van der Waals surface area contributed by atoms with Crippen LogP contribution in [0, 0.1) is 5.82 Å². The number of ketones is 1. The second-order valence-electron chi connectivity index (χ2n) is 4.45. The molecule has 0 aliphatic carbocycles. The van der Waals surface area contributed by atoms with Gasteiger partial charge in [0.1, 0.15) is 17.6 Å². The lowest BCUT2D eigenvalue weighted by atomic mass is 10.0. The highest BCUT2D eigenvalue weighted by molar-refractivity contribution is 6.31. The van der Waals surface area contributed by atoms with E-state index >= 15 is 0 Å². The number of carbonyl (C=O) groups is 2. The lowest BCUT2D eigenvalue weighted by molar-refractivity contribution is -0.145. The number of carboxylic acids is 1. The molecule has 1 aliphatic heterocycles. The molecule has 1 aromatic carbocycles. The maximum absolute atomic E-state index is 13.9. The predicted molar refractivity (Wildman–Crippen MR) is 67.6 cm³/mol. The number of Topliss-reactive ketones (excluding diaryl/α,β-unsaturated/α-hetero) is 1. The van der Waals surface area contributed by atoms with Crippen molar-refractivity contribution in [2.75, 3.05) is 13.1 Å². The molecule has 0 aromatic heterocycles.